The predicted molar refractivity (Wildman–Crippen MR) is 435 cm³/mol. The number of carbonyl (C=O) groups excluding carboxylic acids is 15. The molecule has 0 radical (unpaired) electrons. The zero-order chi connectivity index (χ0) is 86.7. The number of ketones is 3. The molecule has 2 aliphatic rings. The van der Waals surface area contributed by atoms with Gasteiger partial charge in [-0.1, -0.05) is 85.1 Å². The first-order valence-electron chi connectivity index (χ1n) is 41.0. The molecule has 0 aromatic rings. The fraction of sp³-hybridized carbons (Fsp3) is 0.782. The summed E-state index contributed by atoms with van der Waals surface area (Å²) >= 11 is 1.88. The van der Waals surface area contributed by atoms with Gasteiger partial charge in [-0.15, -0.1) is 6.58 Å². The van der Waals surface area contributed by atoms with Crippen LogP contribution in [0, 0.1) is 17.8 Å². The Morgan fingerprint density at radius 2 is 0.905 bits per heavy atom. The van der Waals surface area contributed by atoms with Crippen molar-refractivity contribution in [1.82, 2.24) is 63.8 Å². The Hall–Kier alpha value is -7.82. The van der Waals surface area contributed by atoms with Gasteiger partial charge in [-0.25, -0.2) is 4.79 Å². The summed E-state index contributed by atoms with van der Waals surface area (Å²) in [5.74, 6) is -8.49. The summed E-state index contributed by atoms with van der Waals surface area (Å²) in [7, 11) is 2.01. The van der Waals surface area contributed by atoms with Crippen LogP contribution >= 0.6 is 11.8 Å². The maximum atomic E-state index is 13.3. The molecule has 0 aromatic heterocycles. The average Bonchev–Trinajstić information content (AvgIpc) is 1.67. The first-order valence-corrected chi connectivity index (χ1v) is 42.1. The standard InChI is InChI=1S/C67H115N13O23S.C7H17N.C4H8/c1-43(62(68)94)13-6-9-24-72-64(96)45(35-46(85)40-102-33-31-101-30-28-71-60(93)41-103-34-32-100-29-27-70-55(88)17-5-3-4-16-54-61-51(42-104-54)79-67(99)80-61)15-8-11-26-74-66(98)50(39-84)78-59(92)23-21-53(87)48(37-82)76-57(90)19-12-18-56(89)75-47(36-81)52(86)20-22-58(91)77-49(38-83)65(97)73-25-10-7-14-44(2)63(69)95;1-3-4-5-6-7-8-2;1-3-4-2/h43-45,47-51,54,61,81-84H,3-42H2,1-2H3,(H2,68,94)(H2,69,95)(H,70,88)(H,71,93)(H,72,96)(H,73,97)(H,74,98)(H,75,89)(H,76,90)(H,77,91)(H,78,92)(H2,79,80,99);8H,3-7H2,1-2H3;3H,1,4H2,2H3/t43-,44-,45+,47-,48-,49-,50-,51-,54-,61-;;/m0../s1. The van der Waals surface area contributed by atoms with Crippen LogP contribution in [0.25, 0.3) is 0 Å². The van der Waals surface area contributed by atoms with Crippen LogP contribution in [0.3, 0.4) is 0 Å². The molecule has 2 fully saturated rings. The Labute approximate surface area is 688 Å². The van der Waals surface area contributed by atoms with Gasteiger partial charge in [0.2, 0.25) is 65.0 Å². The third kappa shape index (κ3) is 55.7. The summed E-state index contributed by atoms with van der Waals surface area (Å²) in [6, 6.07) is -5.31. The van der Waals surface area contributed by atoms with Crippen LogP contribution in [-0.2, 0) is 86.1 Å². The van der Waals surface area contributed by atoms with Crippen molar-refractivity contribution >= 4 is 100 Å². The number of urea groups is 1. The fourth-order valence-corrected chi connectivity index (χ4v) is 13.0. The summed E-state index contributed by atoms with van der Waals surface area (Å²) in [5, 5.41) is 71.4. The number of aliphatic hydroxyl groups excluding tert-OH is 4. The van der Waals surface area contributed by atoms with Crippen LogP contribution in [0.4, 0.5) is 4.79 Å². The summed E-state index contributed by atoms with van der Waals surface area (Å²) in [6.45, 7) is 10.7. The zero-order valence-corrected chi connectivity index (χ0v) is 70.0. The van der Waals surface area contributed by atoms with Crippen molar-refractivity contribution in [1.29, 1.82) is 0 Å². The average molecular weight is 1670 g/mol. The quantitative estimate of drug-likeness (QED) is 0.0202. The van der Waals surface area contributed by atoms with E-state index in [2.05, 4.69) is 84.2 Å². The van der Waals surface area contributed by atoms with E-state index in [0.29, 0.717) is 76.2 Å². The maximum absolute atomic E-state index is 13.3. The number of fused-ring (bicyclic) bond motifs is 1. The van der Waals surface area contributed by atoms with Gasteiger partial charge in [0.15, 0.2) is 17.3 Å². The van der Waals surface area contributed by atoms with Crippen LogP contribution in [0.15, 0.2) is 12.7 Å². The first kappa shape index (κ1) is 108. The first-order chi connectivity index (χ1) is 55.6. The lowest BCUT2D eigenvalue weighted by Gasteiger charge is -2.18. The molecule has 2 saturated heterocycles. The molecule has 0 spiro atoms. The molecule has 666 valence electrons. The highest BCUT2D eigenvalue weighted by atomic mass is 32.2. The molecule has 13 amide bonds. The Morgan fingerprint density at radius 3 is 1.38 bits per heavy atom. The topological polar surface area (TPSA) is 570 Å². The Bertz CT molecular complexity index is 2880. The number of hydrogen-bond donors (Lipinski definition) is 18. The van der Waals surface area contributed by atoms with Gasteiger partial charge in [0.05, 0.1) is 78.2 Å². The molecule has 0 bridgehead atoms. The number of nitrogens with two attached hydrogens (primary N) is 2. The van der Waals surface area contributed by atoms with Crippen molar-refractivity contribution < 1.29 is 111 Å². The molecule has 2 rings (SSSR count). The highest BCUT2D eigenvalue weighted by Crippen LogP contribution is 2.33. The summed E-state index contributed by atoms with van der Waals surface area (Å²) in [4.78, 5) is 187. The predicted octanol–water partition coefficient (Wildman–Crippen LogP) is -0.775. The molecule has 2 heterocycles. The minimum atomic E-state index is -1.45. The summed E-state index contributed by atoms with van der Waals surface area (Å²) < 4.78 is 21.8. The number of thioether (sulfide) groups is 1. The van der Waals surface area contributed by atoms with Gasteiger partial charge in [0, 0.05) is 113 Å². The minimum absolute atomic E-state index is 0.0431. The summed E-state index contributed by atoms with van der Waals surface area (Å²) in [6.07, 6.45) is 14.0. The number of ether oxygens (including phenoxy) is 4. The van der Waals surface area contributed by atoms with Gasteiger partial charge < -0.3 is 115 Å². The number of unbranched alkanes of at least 4 members (excludes halogenated alkanes) is 8. The number of rotatable bonds is 70. The molecule has 0 aromatic carbocycles. The largest absolute Gasteiger partial charge is 0.394 e. The van der Waals surface area contributed by atoms with E-state index >= 15 is 0 Å². The van der Waals surface area contributed by atoms with Crippen LogP contribution in [-0.4, -0.2) is 282 Å². The van der Waals surface area contributed by atoms with Gasteiger partial charge in [-0.3, -0.25) is 67.1 Å². The van der Waals surface area contributed by atoms with Crippen LogP contribution in [0.5, 0.6) is 0 Å². The third-order valence-corrected chi connectivity index (χ3v) is 20.1. The molecule has 116 heavy (non-hydrogen) atoms. The Morgan fingerprint density at radius 1 is 0.474 bits per heavy atom. The van der Waals surface area contributed by atoms with E-state index in [1.165, 1.54) is 32.2 Å². The van der Waals surface area contributed by atoms with Crippen LogP contribution < -0.4 is 75.3 Å². The molecule has 0 saturated carbocycles. The second kappa shape index (κ2) is 70.2. The van der Waals surface area contributed by atoms with Gasteiger partial charge in [-0.2, -0.15) is 11.8 Å². The van der Waals surface area contributed by atoms with Crippen molar-refractivity contribution in [3.63, 3.8) is 0 Å². The molecular weight excluding hydrogens is 1530 g/mol. The SMILES string of the molecule is C=CCC.CCCCCCNC.C[C@@H](CCCCNC(=O)[C@H](CCCCNC(=O)[C@H](CO)NC(=O)CCC(=O)[C@H](CO)NC(=O)CCCC(=O)N[C@@H](CO)C(=O)CCC(=O)N[C@@H](CO)C(=O)NCCCC[C@H](C)C(N)=O)CC(=O)COCCOCCNC(=O)COCCOCCNC(=O)CCCCC[C@@H]1SC[C@@H]2NC(=O)N[C@@H]21)C(N)=O. The normalized spacial score (nSPS) is 15.6. The van der Waals surface area contributed by atoms with E-state index < -0.39 is 141 Å². The molecule has 38 heteroatoms. The van der Waals surface area contributed by atoms with Crippen molar-refractivity contribution in [3.8, 4) is 0 Å². The van der Waals surface area contributed by atoms with E-state index in [9.17, 15) is 92.3 Å². The lowest BCUT2D eigenvalue weighted by Crippen LogP contribution is -2.49. The smallest absolute Gasteiger partial charge is 0.315 e. The van der Waals surface area contributed by atoms with E-state index in [0.717, 1.165) is 37.9 Å². The van der Waals surface area contributed by atoms with Gasteiger partial charge in [0.25, 0.3) is 0 Å². The lowest BCUT2D eigenvalue weighted by molar-refractivity contribution is -0.132. The number of allylic oxidation sites excluding steroid dienone is 1. The number of primary amides is 2. The third-order valence-electron chi connectivity index (χ3n) is 18.6. The van der Waals surface area contributed by atoms with Crippen LogP contribution in [0.1, 0.15) is 201 Å². The number of Topliss-reactive ketones (excluding diaryl/α,β-unsaturated/α-hetero) is 3. The molecule has 2 aliphatic heterocycles. The number of carbonyl (C=O) groups is 15. The van der Waals surface area contributed by atoms with E-state index in [1.54, 1.807) is 13.8 Å². The highest BCUT2D eigenvalue weighted by molar-refractivity contribution is 8.00. The van der Waals surface area contributed by atoms with Gasteiger partial charge in [0.1, 0.15) is 37.4 Å². The number of amides is 13. The van der Waals surface area contributed by atoms with Crippen molar-refractivity contribution in [2.75, 3.05) is 131 Å². The Kier molecular flexibility index (Phi) is 65.5. The summed E-state index contributed by atoms with van der Waals surface area (Å²) in [5.41, 5.74) is 10.6. The van der Waals surface area contributed by atoms with Crippen molar-refractivity contribution in [2.24, 2.45) is 29.2 Å². The van der Waals surface area contributed by atoms with Gasteiger partial charge >= 0.3 is 6.03 Å². The molecular formula is C78H140N14O23S. The van der Waals surface area contributed by atoms with Crippen LogP contribution in [0.2, 0.25) is 0 Å². The van der Waals surface area contributed by atoms with E-state index in [-0.39, 0.29) is 158 Å². The van der Waals surface area contributed by atoms with E-state index in [1.807, 2.05) is 24.9 Å². The minimum Gasteiger partial charge on any atom is -0.394 e. The lowest BCUT2D eigenvalue weighted by atomic mass is 9.95. The highest BCUT2D eigenvalue weighted by Gasteiger charge is 2.42. The fourth-order valence-electron chi connectivity index (χ4n) is 11.4. The van der Waals surface area contributed by atoms with E-state index in [4.69, 9.17) is 30.4 Å². The number of hydrogen-bond acceptors (Lipinski definition) is 25. The Balaban J connectivity index is 0.0000102. The molecule has 37 nitrogen and oxygen atoms in total. The second-order valence-corrected chi connectivity index (χ2v) is 29.8. The number of nitrogens with one attached hydrogen (secondary N) is 12. The number of aliphatic hydroxyl groups is 4. The molecule has 20 N–H and O–H groups in total. The molecule has 0 unspecified atom stereocenters. The molecule has 0 aliphatic carbocycles. The van der Waals surface area contributed by atoms with Crippen molar-refractivity contribution in [3.05, 3.63) is 12.7 Å². The van der Waals surface area contributed by atoms with Gasteiger partial charge in [-0.05, 0) is 84.2 Å². The second-order valence-electron chi connectivity index (χ2n) is 28.5. The van der Waals surface area contributed by atoms with Crippen molar-refractivity contribution in [2.45, 2.75) is 243 Å². The molecule has 10 atom stereocenters. The zero-order valence-electron chi connectivity index (χ0n) is 69.2. The monoisotopic (exact) mass is 1670 g/mol. The maximum Gasteiger partial charge on any atom is 0.315 e.